The van der Waals surface area contributed by atoms with Gasteiger partial charge in [0.2, 0.25) is 5.91 Å². The van der Waals surface area contributed by atoms with E-state index in [9.17, 15) is 27.9 Å². The smallest absolute Gasteiger partial charge is 0.416 e. The lowest BCUT2D eigenvalue weighted by Crippen LogP contribution is -2.21. The highest BCUT2D eigenvalue weighted by Gasteiger charge is 2.30. The second kappa shape index (κ2) is 8.35. The summed E-state index contributed by atoms with van der Waals surface area (Å²) in [5.74, 6) is -1.47. The van der Waals surface area contributed by atoms with E-state index in [1.54, 1.807) is 12.1 Å². The number of anilines is 1. The molecular weight excluding hydrogens is 363 g/mol. The Morgan fingerprint density at radius 1 is 1.11 bits per heavy atom. The van der Waals surface area contributed by atoms with E-state index in [4.69, 9.17) is 0 Å². The number of halogens is 3. The number of nitrogens with zero attached hydrogens (tertiary/aromatic N) is 1. The molecule has 6 nitrogen and oxygen atoms in total. The average molecular weight is 379 g/mol. The summed E-state index contributed by atoms with van der Waals surface area (Å²) in [5, 5.41) is 15.7. The molecule has 0 aliphatic heterocycles. The number of phenolic OH excluding ortho intramolecular Hbond substituents is 1. The van der Waals surface area contributed by atoms with Crippen LogP contribution < -0.4 is 10.7 Å². The molecule has 27 heavy (non-hydrogen) atoms. The van der Waals surface area contributed by atoms with Crippen molar-refractivity contribution in [2.45, 2.75) is 19.5 Å². The highest BCUT2D eigenvalue weighted by Crippen LogP contribution is 2.30. The highest BCUT2D eigenvalue weighted by atomic mass is 19.4. The van der Waals surface area contributed by atoms with Crippen molar-refractivity contribution in [1.29, 1.82) is 0 Å². The molecule has 3 N–H and O–H groups in total. The molecule has 2 aromatic carbocycles. The molecule has 2 aromatic rings. The monoisotopic (exact) mass is 379 g/mol. The van der Waals surface area contributed by atoms with Crippen molar-refractivity contribution >= 4 is 23.2 Å². The minimum Gasteiger partial charge on any atom is -0.507 e. The molecule has 0 bridgehead atoms. The summed E-state index contributed by atoms with van der Waals surface area (Å²) in [7, 11) is 0. The Labute approximate surface area is 152 Å². The number of phenols is 1. The Kier molecular flexibility index (Phi) is 6.17. The minimum absolute atomic E-state index is 0.000804. The second-order valence-electron chi connectivity index (χ2n) is 5.61. The van der Waals surface area contributed by atoms with Gasteiger partial charge in [0.05, 0.1) is 17.5 Å². The van der Waals surface area contributed by atoms with Crippen LogP contribution in [0.15, 0.2) is 53.6 Å². The van der Waals surface area contributed by atoms with Gasteiger partial charge in [-0.1, -0.05) is 18.2 Å². The summed E-state index contributed by atoms with van der Waals surface area (Å²) in [5.41, 5.74) is 1.57. The largest absolute Gasteiger partial charge is 0.507 e. The zero-order valence-corrected chi connectivity index (χ0v) is 14.2. The van der Waals surface area contributed by atoms with Gasteiger partial charge >= 0.3 is 6.18 Å². The molecule has 0 fully saturated rings. The summed E-state index contributed by atoms with van der Waals surface area (Å²) in [4.78, 5) is 23.8. The van der Waals surface area contributed by atoms with Gasteiger partial charge in [0.25, 0.3) is 5.91 Å². The standard InChI is InChI=1S/C18H16F3N3O3/c1-11(23-24-17(27)14-7-2-3-8-15(14)25)9-16(26)22-13-6-4-5-12(10-13)18(19,20)21/h2-8,10,25H,9H2,1H3,(H,22,26)(H,24,27)/b23-11+. The third-order valence-electron chi connectivity index (χ3n) is 3.39. The first-order valence-corrected chi connectivity index (χ1v) is 7.75. The van der Waals surface area contributed by atoms with Crippen LogP contribution in [0, 0.1) is 0 Å². The maximum absolute atomic E-state index is 12.7. The lowest BCUT2D eigenvalue weighted by atomic mass is 10.2. The van der Waals surface area contributed by atoms with Crippen LogP contribution >= 0.6 is 0 Å². The van der Waals surface area contributed by atoms with Crippen LogP contribution in [-0.2, 0) is 11.0 Å². The lowest BCUT2D eigenvalue weighted by Gasteiger charge is -2.10. The van der Waals surface area contributed by atoms with Gasteiger partial charge in [-0.15, -0.1) is 0 Å². The first-order chi connectivity index (χ1) is 12.7. The third kappa shape index (κ3) is 5.84. The molecule has 0 unspecified atom stereocenters. The molecule has 0 aliphatic carbocycles. The van der Waals surface area contributed by atoms with Gasteiger partial charge in [0.1, 0.15) is 5.75 Å². The Hall–Kier alpha value is -3.36. The van der Waals surface area contributed by atoms with E-state index in [1.165, 1.54) is 31.2 Å². The van der Waals surface area contributed by atoms with Crippen LogP contribution in [0.1, 0.15) is 29.3 Å². The molecule has 0 radical (unpaired) electrons. The van der Waals surface area contributed by atoms with E-state index in [0.717, 1.165) is 12.1 Å². The van der Waals surface area contributed by atoms with Crippen molar-refractivity contribution in [2.24, 2.45) is 5.10 Å². The van der Waals surface area contributed by atoms with Gasteiger partial charge in [-0.05, 0) is 37.3 Å². The fourth-order valence-corrected chi connectivity index (χ4v) is 2.12. The number of aromatic hydroxyl groups is 1. The van der Waals surface area contributed by atoms with Gasteiger partial charge in [0, 0.05) is 11.4 Å². The zero-order chi connectivity index (χ0) is 20.0. The van der Waals surface area contributed by atoms with Crippen LogP contribution in [0.4, 0.5) is 18.9 Å². The molecule has 0 saturated carbocycles. The molecule has 0 saturated heterocycles. The fourth-order valence-electron chi connectivity index (χ4n) is 2.12. The van der Waals surface area contributed by atoms with E-state index >= 15 is 0 Å². The lowest BCUT2D eigenvalue weighted by molar-refractivity contribution is -0.137. The molecule has 0 atom stereocenters. The first kappa shape index (κ1) is 20.0. The number of benzene rings is 2. The summed E-state index contributed by atoms with van der Waals surface area (Å²) in [6.45, 7) is 1.47. The maximum Gasteiger partial charge on any atom is 0.416 e. The molecule has 0 aliphatic rings. The number of hydrogen-bond acceptors (Lipinski definition) is 4. The Morgan fingerprint density at radius 2 is 1.81 bits per heavy atom. The molecule has 142 valence electrons. The quantitative estimate of drug-likeness (QED) is 0.548. The van der Waals surface area contributed by atoms with Crippen molar-refractivity contribution < 1.29 is 27.9 Å². The predicted molar refractivity (Wildman–Crippen MR) is 93.4 cm³/mol. The average Bonchev–Trinajstić information content (AvgIpc) is 2.59. The number of alkyl halides is 3. The number of amides is 2. The number of hydrogen-bond donors (Lipinski definition) is 3. The van der Waals surface area contributed by atoms with Gasteiger partial charge in [-0.2, -0.15) is 18.3 Å². The van der Waals surface area contributed by atoms with Crippen LogP contribution in [0.25, 0.3) is 0 Å². The van der Waals surface area contributed by atoms with Gasteiger partial charge in [-0.3, -0.25) is 9.59 Å². The van der Waals surface area contributed by atoms with E-state index in [0.29, 0.717) is 0 Å². The summed E-state index contributed by atoms with van der Waals surface area (Å²) < 4.78 is 38.0. The van der Waals surface area contributed by atoms with Crippen LogP contribution in [0.2, 0.25) is 0 Å². The van der Waals surface area contributed by atoms with Gasteiger partial charge in [-0.25, -0.2) is 5.43 Å². The topological polar surface area (TPSA) is 90.8 Å². The van der Waals surface area contributed by atoms with Crippen LogP contribution in [-0.4, -0.2) is 22.6 Å². The zero-order valence-electron chi connectivity index (χ0n) is 14.2. The summed E-state index contributed by atoms with van der Waals surface area (Å²) >= 11 is 0. The summed E-state index contributed by atoms with van der Waals surface area (Å²) in [6, 6.07) is 10.1. The first-order valence-electron chi connectivity index (χ1n) is 7.75. The number of rotatable bonds is 5. The molecule has 9 heteroatoms. The normalized spacial score (nSPS) is 11.8. The number of para-hydroxylation sites is 1. The number of hydrazone groups is 1. The number of nitrogens with one attached hydrogen (secondary N) is 2. The molecule has 0 heterocycles. The van der Waals surface area contributed by atoms with Crippen molar-refractivity contribution in [3.8, 4) is 5.75 Å². The molecule has 0 aromatic heterocycles. The highest BCUT2D eigenvalue weighted by molar-refractivity contribution is 6.06. The van der Waals surface area contributed by atoms with Gasteiger partial charge < -0.3 is 10.4 Å². The van der Waals surface area contributed by atoms with Crippen molar-refractivity contribution in [1.82, 2.24) is 5.43 Å². The number of carbonyl (C=O) groups excluding carboxylic acids is 2. The van der Waals surface area contributed by atoms with Crippen molar-refractivity contribution in [2.75, 3.05) is 5.32 Å². The minimum atomic E-state index is -4.51. The van der Waals surface area contributed by atoms with Crippen LogP contribution in [0.5, 0.6) is 5.75 Å². The molecular formula is C18H16F3N3O3. The Bertz CT molecular complexity index is 879. The number of carbonyl (C=O) groups is 2. The van der Waals surface area contributed by atoms with E-state index in [-0.39, 0.29) is 29.1 Å². The summed E-state index contributed by atoms with van der Waals surface area (Å²) in [6.07, 6.45) is -4.75. The molecule has 0 spiro atoms. The van der Waals surface area contributed by atoms with Crippen LogP contribution in [0.3, 0.4) is 0 Å². The Balaban J connectivity index is 1.94. The molecule has 2 rings (SSSR count). The van der Waals surface area contributed by atoms with E-state index in [2.05, 4.69) is 15.8 Å². The third-order valence-corrected chi connectivity index (χ3v) is 3.39. The van der Waals surface area contributed by atoms with Crippen molar-refractivity contribution in [3.63, 3.8) is 0 Å². The van der Waals surface area contributed by atoms with E-state index < -0.39 is 23.6 Å². The maximum atomic E-state index is 12.7. The SMILES string of the molecule is C/C(CC(=O)Nc1cccc(C(F)(F)F)c1)=N\NC(=O)c1ccccc1O. The van der Waals surface area contributed by atoms with E-state index in [1.807, 2.05) is 0 Å². The Morgan fingerprint density at radius 3 is 2.48 bits per heavy atom. The second-order valence-corrected chi connectivity index (χ2v) is 5.61. The van der Waals surface area contributed by atoms with Crippen molar-refractivity contribution in [3.05, 3.63) is 59.7 Å². The molecule has 2 amide bonds. The predicted octanol–water partition coefficient (Wildman–Crippen LogP) is 3.55. The fraction of sp³-hybridized carbons (Fsp3) is 0.167. The van der Waals surface area contributed by atoms with Gasteiger partial charge in [0.15, 0.2) is 0 Å².